The molecule has 1 heterocycles. The first-order valence-electron chi connectivity index (χ1n) is 3.62. The highest BCUT2D eigenvalue weighted by Crippen LogP contribution is 2.08. The summed E-state index contributed by atoms with van der Waals surface area (Å²) in [5.74, 6) is -0.122. The minimum absolute atomic E-state index is 0.0192. The zero-order valence-corrected chi connectivity index (χ0v) is 6.90. The number of nitrogens with two attached hydrogens (primary N) is 1. The largest absolute Gasteiger partial charge is 0.322 e. The molecule has 0 radical (unpaired) electrons. The van der Waals surface area contributed by atoms with Gasteiger partial charge in [0.05, 0.1) is 18.4 Å². The molecule has 0 atom stereocenters. The van der Waals surface area contributed by atoms with E-state index >= 15 is 0 Å². The van der Waals surface area contributed by atoms with Crippen molar-refractivity contribution in [2.45, 2.75) is 0 Å². The fourth-order valence-corrected chi connectivity index (χ4v) is 0.833. The van der Waals surface area contributed by atoms with Gasteiger partial charge in [0.15, 0.2) is 0 Å². The fraction of sp³-hybridized carbons (Fsp3) is 0.250. The van der Waals surface area contributed by atoms with Crippen molar-refractivity contribution in [1.29, 1.82) is 0 Å². The van der Waals surface area contributed by atoms with Crippen LogP contribution in [0.25, 0.3) is 0 Å². The van der Waals surface area contributed by atoms with Crippen LogP contribution in [-0.4, -0.2) is 24.5 Å². The number of likely N-dealkylation sites (N-methyl/N-ethyl adjacent to an activating group) is 1. The Kier molecular flexibility index (Phi) is 2.76. The molecule has 0 spiro atoms. The normalized spacial score (nSPS) is 9.50. The Hall–Kier alpha value is -1.42. The van der Waals surface area contributed by atoms with E-state index in [0.29, 0.717) is 0 Å². The molecule has 0 bridgehead atoms. The number of aromatic nitrogens is 1. The molecule has 1 aromatic rings. The van der Waals surface area contributed by atoms with E-state index in [0.717, 1.165) is 5.69 Å². The van der Waals surface area contributed by atoms with E-state index in [1.54, 1.807) is 31.6 Å². The van der Waals surface area contributed by atoms with Gasteiger partial charge in [-0.15, -0.1) is 0 Å². The third-order valence-corrected chi connectivity index (χ3v) is 1.58. The first-order valence-corrected chi connectivity index (χ1v) is 3.62. The van der Waals surface area contributed by atoms with E-state index < -0.39 is 0 Å². The fourth-order valence-electron chi connectivity index (χ4n) is 0.833. The molecule has 0 aromatic carbocycles. The Morgan fingerprint density at radius 1 is 1.75 bits per heavy atom. The topological polar surface area (TPSA) is 59.2 Å². The zero-order chi connectivity index (χ0) is 8.97. The van der Waals surface area contributed by atoms with Crippen LogP contribution in [0.1, 0.15) is 0 Å². The van der Waals surface area contributed by atoms with Gasteiger partial charge < -0.3 is 10.6 Å². The summed E-state index contributed by atoms with van der Waals surface area (Å²) in [6, 6.07) is 3.58. The molecule has 0 unspecified atom stereocenters. The van der Waals surface area contributed by atoms with Crippen molar-refractivity contribution in [3.63, 3.8) is 0 Å². The number of pyridine rings is 1. The molecule has 12 heavy (non-hydrogen) atoms. The molecular formula is C8H11N3O. The van der Waals surface area contributed by atoms with Gasteiger partial charge in [-0.3, -0.25) is 9.78 Å². The van der Waals surface area contributed by atoms with Gasteiger partial charge in [-0.2, -0.15) is 0 Å². The van der Waals surface area contributed by atoms with Crippen LogP contribution in [0.2, 0.25) is 0 Å². The number of hydrogen-bond donors (Lipinski definition) is 1. The highest BCUT2D eigenvalue weighted by molar-refractivity contribution is 5.93. The Labute approximate surface area is 71.0 Å². The number of rotatable bonds is 2. The second-order valence-electron chi connectivity index (χ2n) is 2.37. The number of nitrogens with zero attached hydrogens (tertiary/aromatic N) is 2. The van der Waals surface area contributed by atoms with Crippen LogP contribution < -0.4 is 10.6 Å². The molecule has 2 N–H and O–H groups in total. The molecule has 0 saturated carbocycles. The maximum Gasteiger partial charge on any atom is 0.240 e. The lowest BCUT2D eigenvalue weighted by molar-refractivity contribution is -0.117. The molecule has 1 rings (SSSR count). The second-order valence-corrected chi connectivity index (χ2v) is 2.37. The summed E-state index contributed by atoms with van der Waals surface area (Å²) in [5.41, 5.74) is 5.96. The lowest BCUT2D eigenvalue weighted by Gasteiger charge is -2.14. The van der Waals surface area contributed by atoms with E-state index in [4.69, 9.17) is 5.73 Å². The molecule has 64 valence electrons. The van der Waals surface area contributed by atoms with E-state index in [-0.39, 0.29) is 12.5 Å². The van der Waals surface area contributed by atoms with Crippen LogP contribution in [-0.2, 0) is 4.79 Å². The van der Waals surface area contributed by atoms with Crippen molar-refractivity contribution in [3.05, 3.63) is 24.5 Å². The van der Waals surface area contributed by atoms with Crippen molar-refractivity contribution in [2.75, 3.05) is 18.5 Å². The maximum atomic E-state index is 11.1. The lowest BCUT2D eigenvalue weighted by Crippen LogP contribution is -2.32. The molecule has 0 fully saturated rings. The third kappa shape index (κ3) is 1.79. The Balaban J connectivity index is 2.78. The summed E-state index contributed by atoms with van der Waals surface area (Å²) in [7, 11) is 1.67. The quantitative estimate of drug-likeness (QED) is 0.671. The molecule has 4 heteroatoms. The van der Waals surface area contributed by atoms with Gasteiger partial charge in [-0.25, -0.2) is 0 Å². The van der Waals surface area contributed by atoms with Gasteiger partial charge in [-0.05, 0) is 12.1 Å². The van der Waals surface area contributed by atoms with Crippen molar-refractivity contribution >= 4 is 11.6 Å². The molecule has 0 aliphatic rings. The predicted octanol–water partition coefficient (Wildman–Crippen LogP) is 0.00310. The van der Waals surface area contributed by atoms with Crippen LogP contribution in [0.3, 0.4) is 0 Å². The maximum absolute atomic E-state index is 11.1. The van der Waals surface area contributed by atoms with Gasteiger partial charge in [-0.1, -0.05) is 0 Å². The summed E-state index contributed by atoms with van der Waals surface area (Å²) in [5, 5.41) is 0. The number of carbonyl (C=O) groups is 1. The lowest BCUT2D eigenvalue weighted by atomic mass is 10.4. The standard InChI is InChI=1S/C8H11N3O/c1-11(8(12)5-9)7-3-2-4-10-6-7/h2-4,6H,5,9H2,1H3. The predicted molar refractivity (Wildman–Crippen MR) is 46.7 cm³/mol. The highest BCUT2D eigenvalue weighted by Gasteiger charge is 2.07. The first kappa shape index (κ1) is 8.67. The second kappa shape index (κ2) is 3.82. The average Bonchev–Trinajstić information content (AvgIpc) is 2.17. The molecule has 4 nitrogen and oxygen atoms in total. The zero-order valence-electron chi connectivity index (χ0n) is 6.90. The van der Waals surface area contributed by atoms with Gasteiger partial charge in [0.2, 0.25) is 5.91 Å². The molecule has 0 aliphatic heterocycles. The molecular weight excluding hydrogens is 154 g/mol. The molecule has 0 aliphatic carbocycles. The summed E-state index contributed by atoms with van der Waals surface area (Å²) in [6.45, 7) is 0.0192. The minimum atomic E-state index is -0.122. The number of hydrogen-bond acceptors (Lipinski definition) is 3. The van der Waals surface area contributed by atoms with Gasteiger partial charge >= 0.3 is 0 Å². The molecule has 0 saturated heterocycles. The van der Waals surface area contributed by atoms with E-state index in [9.17, 15) is 4.79 Å². The monoisotopic (exact) mass is 165 g/mol. The van der Waals surface area contributed by atoms with Gasteiger partial charge in [0.1, 0.15) is 0 Å². The van der Waals surface area contributed by atoms with Crippen LogP contribution in [0.4, 0.5) is 5.69 Å². The summed E-state index contributed by atoms with van der Waals surface area (Å²) in [6.07, 6.45) is 3.28. The summed E-state index contributed by atoms with van der Waals surface area (Å²) < 4.78 is 0. The number of anilines is 1. The summed E-state index contributed by atoms with van der Waals surface area (Å²) >= 11 is 0. The Morgan fingerprint density at radius 2 is 2.50 bits per heavy atom. The molecule has 1 aromatic heterocycles. The van der Waals surface area contributed by atoms with Crippen LogP contribution in [0, 0.1) is 0 Å². The smallest absolute Gasteiger partial charge is 0.240 e. The molecule has 1 amide bonds. The third-order valence-electron chi connectivity index (χ3n) is 1.58. The minimum Gasteiger partial charge on any atom is -0.322 e. The van der Waals surface area contributed by atoms with Gasteiger partial charge in [0, 0.05) is 13.2 Å². The van der Waals surface area contributed by atoms with E-state index in [2.05, 4.69) is 4.98 Å². The van der Waals surface area contributed by atoms with Crippen molar-refractivity contribution in [1.82, 2.24) is 4.98 Å². The van der Waals surface area contributed by atoms with Crippen molar-refractivity contribution in [2.24, 2.45) is 5.73 Å². The Bertz CT molecular complexity index is 260. The van der Waals surface area contributed by atoms with Crippen molar-refractivity contribution in [3.8, 4) is 0 Å². The van der Waals surface area contributed by atoms with Crippen LogP contribution in [0.15, 0.2) is 24.5 Å². The highest BCUT2D eigenvalue weighted by atomic mass is 16.2. The SMILES string of the molecule is CN(C(=O)CN)c1cccnc1. The van der Waals surface area contributed by atoms with Crippen LogP contribution >= 0.6 is 0 Å². The number of carbonyl (C=O) groups excluding carboxylic acids is 1. The van der Waals surface area contributed by atoms with E-state index in [1.165, 1.54) is 4.90 Å². The summed E-state index contributed by atoms with van der Waals surface area (Å²) in [4.78, 5) is 16.5. The average molecular weight is 165 g/mol. The van der Waals surface area contributed by atoms with Crippen molar-refractivity contribution < 1.29 is 4.79 Å². The number of amides is 1. The van der Waals surface area contributed by atoms with E-state index in [1.807, 2.05) is 0 Å². The first-order chi connectivity index (χ1) is 5.75. The van der Waals surface area contributed by atoms with Crippen LogP contribution in [0.5, 0.6) is 0 Å². The van der Waals surface area contributed by atoms with Gasteiger partial charge in [0.25, 0.3) is 0 Å². The Morgan fingerprint density at radius 3 is 3.00 bits per heavy atom.